The molecule has 0 fully saturated rings. The maximum absolute atomic E-state index is 8.79. The van der Waals surface area contributed by atoms with E-state index in [0.29, 0.717) is 18.9 Å². The summed E-state index contributed by atoms with van der Waals surface area (Å²) in [7, 11) is 0. The molecule has 0 atom stereocenters. The van der Waals surface area contributed by atoms with Crippen LogP contribution in [0.1, 0.15) is 20.3 Å². The van der Waals surface area contributed by atoms with Crippen LogP contribution in [-0.4, -0.2) is 29.6 Å². The maximum atomic E-state index is 8.79. The molecule has 5 nitrogen and oxygen atoms in total. The Morgan fingerprint density at radius 3 is 2.75 bits per heavy atom. The van der Waals surface area contributed by atoms with E-state index in [1.165, 1.54) is 0 Å². The molecule has 0 radical (unpaired) electrons. The molecule has 0 aliphatic rings. The molecule has 0 saturated heterocycles. The molecule has 0 unspecified atom stereocenters. The largest absolute Gasteiger partial charge is 0.355 e. The highest BCUT2D eigenvalue weighted by atomic mass is 15.2. The normalized spacial score (nSPS) is 10.2. The summed E-state index contributed by atoms with van der Waals surface area (Å²) >= 11 is 0. The van der Waals surface area contributed by atoms with Crippen molar-refractivity contribution < 1.29 is 0 Å². The molecule has 2 aromatic rings. The van der Waals surface area contributed by atoms with Crippen LogP contribution >= 0.6 is 0 Å². The SMILES string of the molecule is CCNc1nc(N(CC)CCC#N)c2ccccc2n1. The maximum Gasteiger partial charge on any atom is 0.225 e. The van der Waals surface area contributed by atoms with Gasteiger partial charge in [0.25, 0.3) is 0 Å². The van der Waals surface area contributed by atoms with Crippen LogP contribution in [0.3, 0.4) is 0 Å². The first-order chi connectivity index (χ1) is 9.80. The molecular weight excluding hydrogens is 250 g/mol. The minimum Gasteiger partial charge on any atom is -0.355 e. The van der Waals surface area contributed by atoms with Gasteiger partial charge in [-0.15, -0.1) is 0 Å². The Morgan fingerprint density at radius 1 is 1.25 bits per heavy atom. The van der Waals surface area contributed by atoms with Gasteiger partial charge in [-0.25, -0.2) is 4.98 Å². The lowest BCUT2D eigenvalue weighted by Crippen LogP contribution is -2.25. The fourth-order valence-corrected chi connectivity index (χ4v) is 2.14. The smallest absolute Gasteiger partial charge is 0.225 e. The van der Waals surface area contributed by atoms with Gasteiger partial charge in [-0.05, 0) is 26.0 Å². The summed E-state index contributed by atoms with van der Waals surface area (Å²) in [5.41, 5.74) is 0.920. The highest BCUT2D eigenvalue weighted by Gasteiger charge is 2.12. The Labute approximate surface area is 119 Å². The van der Waals surface area contributed by atoms with Gasteiger partial charge in [-0.2, -0.15) is 10.2 Å². The van der Waals surface area contributed by atoms with Crippen molar-refractivity contribution in [1.29, 1.82) is 5.26 Å². The third-order valence-corrected chi connectivity index (χ3v) is 3.09. The number of nitriles is 1. The van der Waals surface area contributed by atoms with Gasteiger partial charge in [0, 0.05) is 25.0 Å². The topological polar surface area (TPSA) is 64.8 Å². The number of anilines is 2. The highest BCUT2D eigenvalue weighted by Crippen LogP contribution is 2.25. The lowest BCUT2D eigenvalue weighted by molar-refractivity contribution is 0.813. The van der Waals surface area contributed by atoms with Crippen molar-refractivity contribution in [3.63, 3.8) is 0 Å². The standard InChI is InChI=1S/C15H19N5/c1-3-17-15-18-13-9-6-5-8-12(13)14(19-15)20(4-2)11-7-10-16/h5-6,8-9H,3-4,7,11H2,1-2H3,(H,17,18,19). The van der Waals surface area contributed by atoms with Gasteiger partial charge >= 0.3 is 0 Å². The minimum atomic E-state index is 0.489. The molecule has 1 N–H and O–H groups in total. The van der Waals surface area contributed by atoms with Crippen LogP contribution in [0.15, 0.2) is 24.3 Å². The second-order valence-corrected chi connectivity index (χ2v) is 4.41. The first-order valence-electron chi connectivity index (χ1n) is 6.92. The van der Waals surface area contributed by atoms with Gasteiger partial charge in [0.05, 0.1) is 18.0 Å². The van der Waals surface area contributed by atoms with E-state index in [-0.39, 0.29) is 0 Å². The van der Waals surface area contributed by atoms with Gasteiger partial charge in [0.2, 0.25) is 5.95 Å². The van der Waals surface area contributed by atoms with Crippen molar-refractivity contribution in [2.45, 2.75) is 20.3 Å². The lowest BCUT2D eigenvalue weighted by atomic mass is 10.2. The molecule has 1 heterocycles. The molecule has 0 amide bonds. The molecule has 1 aromatic carbocycles. The Hall–Kier alpha value is -2.35. The van der Waals surface area contributed by atoms with Gasteiger partial charge < -0.3 is 10.2 Å². The lowest BCUT2D eigenvalue weighted by Gasteiger charge is -2.22. The third-order valence-electron chi connectivity index (χ3n) is 3.09. The molecule has 0 saturated carbocycles. The summed E-state index contributed by atoms with van der Waals surface area (Å²) < 4.78 is 0. The number of nitrogens with zero attached hydrogens (tertiary/aromatic N) is 4. The Bertz CT molecular complexity index is 617. The Balaban J connectivity index is 2.50. The van der Waals surface area contributed by atoms with E-state index in [9.17, 15) is 0 Å². The summed E-state index contributed by atoms with van der Waals surface area (Å²) in [6.07, 6.45) is 0.489. The predicted molar refractivity (Wildman–Crippen MR) is 81.8 cm³/mol. The fourth-order valence-electron chi connectivity index (χ4n) is 2.14. The molecule has 5 heteroatoms. The average Bonchev–Trinajstić information content (AvgIpc) is 2.48. The molecule has 2 rings (SSSR count). The second kappa shape index (κ2) is 6.71. The molecule has 0 bridgehead atoms. The number of fused-ring (bicyclic) bond motifs is 1. The zero-order valence-corrected chi connectivity index (χ0v) is 11.9. The van der Waals surface area contributed by atoms with Crippen molar-refractivity contribution in [3.05, 3.63) is 24.3 Å². The van der Waals surface area contributed by atoms with Crippen molar-refractivity contribution in [2.24, 2.45) is 0 Å². The summed E-state index contributed by atoms with van der Waals surface area (Å²) in [5.74, 6) is 1.53. The fraction of sp³-hybridized carbons (Fsp3) is 0.400. The quantitative estimate of drug-likeness (QED) is 0.873. The van der Waals surface area contributed by atoms with Gasteiger partial charge in [0.1, 0.15) is 5.82 Å². The van der Waals surface area contributed by atoms with Crippen LogP contribution in [0, 0.1) is 11.3 Å². The average molecular weight is 269 g/mol. The minimum absolute atomic E-state index is 0.489. The van der Waals surface area contributed by atoms with Gasteiger partial charge in [0.15, 0.2) is 0 Å². The number of hydrogen-bond donors (Lipinski definition) is 1. The van der Waals surface area contributed by atoms with Crippen LogP contribution < -0.4 is 10.2 Å². The van der Waals surface area contributed by atoms with Crippen LogP contribution in [0.25, 0.3) is 10.9 Å². The molecule has 20 heavy (non-hydrogen) atoms. The number of aromatic nitrogens is 2. The van der Waals surface area contributed by atoms with Crippen molar-refractivity contribution in [3.8, 4) is 6.07 Å². The van der Waals surface area contributed by atoms with E-state index in [4.69, 9.17) is 5.26 Å². The molecule has 1 aromatic heterocycles. The molecule has 0 aliphatic heterocycles. The zero-order chi connectivity index (χ0) is 14.4. The number of hydrogen-bond acceptors (Lipinski definition) is 5. The van der Waals surface area contributed by atoms with E-state index in [2.05, 4.69) is 33.2 Å². The molecule has 104 valence electrons. The van der Waals surface area contributed by atoms with E-state index >= 15 is 0 Å². The summed E-state index contributed by atoms with van der Waals surface area (Å²) in [6.45, 7) is 6.36. The van der Waals surface area contributed by atoms with Crippen LogP contribution in [0.5, 0.6) is 0 Å². The van der Waals surface area contributed by atoms with E-state index in [0.717, 1.165) is 29.8 Å². The number of nitrogens with one attached hydrogen (secondary N) is 1. The monoisotopic (exact) mass is 269 g/mol. The number of para-hydroxylation sites is 1. The van der Waals surface area contributed by atoms with Crippen LogP contribution in [-0.2, 0) is 0 Å². The van der Waals surface area contributed by atoms with Crippen LogP contribution in [0.4, 0.5) is 11.8 Å². The Kier molecular flexibility index (Phi) is 4.72. The van der Waals surface area contributed by atoms with Crippen molar-refractivity contribution in [1.82, 2.24) is 9.97 Å². The Morgan fingerprint density at radius 2 is 2.05 bits per heavy atom. The zero-order valence-electron chi connectivity index (χ0n) is 11.9. The first-order valence-corrected chi connectivity index (χ1v) is 6.92. The van der Waals surface area contributed by atoms with Crippen molar-refractivity contribution >= 4 is 22.7 Å². The number of rotatable bonds is 6. The van der Waals surface area contributed by atoms with E-state index in [1.807, 2.05) is 31.2 Å². The van der Waals surface area contributed by atoms with Crippen LogP contribution in [0.2, 0.25) is 0 Å². The second-order valence-electron chi connectivity index (χ2n) is 4.41. The number of benzene rings is 1. The van der Waals surface area contributed by atoms with E-state index < -0.39 is 0 Å². The molecule has 0 aliphatic carbocycles. The van der Waals surface area contributed by atoms with Crippen molar-refractivity contribution in [2.75, 3.05) is 29.9 Å². The highest BCUT2D eigenvalue weighted by molar-refractivity contribution is 5.90. The summed E-state index contributed by atoms with van der Waals surface area (Å²) in [5, 5.41) is 13.0. The van der Waals surface area contributed by atoms with Gasteiger partial charge in [-0.1, -0.05) is 12.1 Å². The van der Waals surface area contributed by atoms with Gasteiger partial charge in [-0.3, -0.25) is 0 Å². The third kappa shape index (κ3) is 2.97. The van der Waals surface area contributed by atoms with E-state index in [1.54, 1.807) is 0 Å². The predicted octanol–water partition coefficient (Wildman–Crippen LogP) is 2.80. The summed E-state index contributed by atoms with van der Waals surface area (Å²) in [4.78, 5) is 11.2. The molecular formula is C15H19N5. The molecule has 0 spiro atoms. The first kappa shape index (κ1) is 14.1. The summed E-state index contributed by atoms with van der Waals surface area (Å²) in [6, 6.07) is 10.2.